The van der Waals surface area contributed by atoms with Crippen LogP contribution in [0.5, 0.6) is 0 Å². The third-order valence-electron chi connectivity index (χ3n) is 2.76. The van der Waals surface area contributed by atoms with Crippen LogP contribution >= 0.6 is 0 Å². The second-order valence-electron chi connectivity index (χ2n) is 4.07. The van der Waals surface area contributed by atoms with E-state index in [1.807, 2.05) is 11.6 Å². The lowest BCUT2D eigenvalue weighted by Crippen LogP contribution is -2.12. The van der Waals surface area contributed by atoms with Crippen LogP contribution in [0.1, 0.15) is 31.6 Å². The van der Waals surface area contributed by atoms with E-state index in [1.54, 1.807) is 12.5 Å². The maximum absolute atomic E-state index is 5.70. The molecule has 0 amide bonds. The first-order chi connectivity index (χ1) is 8.26. The van der Waals surface area contributed by atoms with Gasteiger partial charge in [-0.3, -0.25) is 0 Å². The van der Waals surface area contributed by atoms with Gasteiger partial charge in [0.25, 0.3) is 0 Å². The number of hydrogen-bond donors (Lipinski definition) is 1. The van der Waals surface area contributed by atoms with Gasteiger partial charge in [-0.2, -0.15) is 4.98 Å². The fourth-order valence-corrected chi connectivity index (χ4v) is 1.77. The molecule has 2 heterocycles. The number of nitrogens with zero attached hydrogens (tertiary/aromatic N) is 4. The lowest BCUT2D eigenvalue weighted by Gasteiger charge is -2.06. The highest BCUT2D eigenvalue weighted by molar-refractivity contribution is 5.47. The summed E-state index contributed by atoms with van der Waals surface area (Å²) in [5.74, 6) is 1.33. The van der Waals surface area contributed by atoms with Crippen molar-refractivity contribution in [2.24, 2.45) is 12.8 Å². The molecule has 1 atom stereocenters. The number of nitrogens with two attached hydrogens (primary N) is 1. The standard InChI is InChI=1S/C11H17N5O/c1-3-4-8(5-12)11-14-10(15-17-11)9-6-13-7-16(9)2/h6-8H,3-5,12H2,1-2H3. The molecule has 2 rings (SSSR count). The van der Waals surface area contributed by atoms with Gasteiger partial charge in [0.05, 0.1) is 18.4 Å². The molecule has 92 valence electrons. The van der Waals surface area contributed by atoms with E-state index in [0.29, 0.717) is 18.3 Å². The Bertz CT molecular complexity index is 476. The largest absolute Gasteiger partial charge is 0.339 e. The molecule has 6 nitrogen and oxygen atoms in total. The van der Waals surface area contributed by atoms with Crippen molar-refractivity contribution in [3.05, 3.63) is 18.4 Å². The SMILES string of the molecule is CCCC(CN)c1nc(-c2cncn2C)no1. The van der Waals surface area contributed by atoms with Crippen LogP contribution in [0.15, 0.2) is 17.0 Å². The minimum Gasteiger partial charge on any atom is -0.339 e. The molecule has 6 heteroatoms. The van der Waals surface area contributed by atoms with Crippen molar-refractivity contribution in [2.45, 2.75) is 25.7 Å². The predicted octanol–water partition coefficient (Wildman–Crippen LogP) is 1.31. The molecule has 0 saturated carbocycles. The van der Waals surface area contributed by atoms with Crippen LogP contribution in [-0.2, 0) is 7.05 Å². The Morgan fingerprint density at radius 2 is 2.35 bits per heavy atom. The molecule has 0 fully saturated rings. The molecule has 0 saturated heterocycles. The molecule has 2 N–H and O–H groups in total. The van der Waals surface area contributed by atoms with E-state index in [2.05, 4.69) is 22.0 Å². The summed E-state index contributed by atoms with van der Waals surface area (Å²) in [7, 11) is 1.89. The fourth-order valence-electron chi connectivity index (χ4n) is 1.77. The summed E-state index contributed by atoms with van der Waals surface area (Å²) in [4.78, 5) is 8.41. The van der Waals surface area contributed by atoms with Gasteiger partial charge in [0.2, 0.25) is 11.7 Å². The van der Waals surface area contributed by atoms with Gasteiger partial charge in [-0.15, -0.1) is 0 Å². The molecule has 0 aliphatic rings. The number of hydrogen-bond acceptors (Lipinski definition) is 5. The molecule has 0 aliphatic carbocycles. The number of aromatic nitrogens is 4. The molecule has 1 unspecified atom stereocenters. The number of aryl methyl sites for hydroxylation is 1. The maximum Gasteiger partial charge on any atom is 0.231 e. The minimum atomic E-state index is 0.148. The van der Waals surface area contributed by atoms with E-state index in [0.717, 1.165) is 18.5 Å². The third-order valence-corrected chi connectivity index (χ3v) is 2.76. The monoisotopic (exact) mass is 235 g/mol. The molecule has 0 radical (unpaired) electrons. The summed E-state index contributed by atoms with van der Waals surface area (Å²) in [6.45, 7) is 2.64. The molecular weight excluding hydrogens is 218 g/mol. The Morgan fingerprint density at radius 3 is 2.94 bits per heavy atom. The van der Waals surface area contributed by atoms with Crippen LogP contribution in [0.25, 0.3) is 11.5 Å². The molecule has 2 aromatic heterocycles. The first-order valence-electron chi connectivity index (χ1n) is 5.76. The lowest BCUT2D eigenvalue weighted by molar-refractivity contribution is 0.347. The van der Waals surface area contributed by atoms with E-state index in [4.69, 9.17) is 10.3 Å². The van der Waals surface area contributed by atoms with Crippen molar-refractivity contribution in [3.8, 4) is 11.5 Å². The second-order valence-corrected chi connectivity index (χ2v) is 4.07. The topological polar surface area (TPSA) is 82.8 Å². The molecule has 17 heavy (non-hydrogen) atoms. The first-order valence-corrected chi connectivity index (χ1v) is 5.76. The predicted molar refractivity (Wildman–Crippen MR) is 63.2 cm³/mol. The Labute approximate surface area is 99.8 Å². The maximum atomic E-state index is 5.70. The summed E-state index contributed by atoms with van der Waals surface area (Å²) < 4.78 is 7.12. The van der Waals surface area contributed by atoms with Gasteiger partial charge in [0.1, 0.15) is 5.69 Å². The zero-order valence-corrected chi connectivity index (χ0v) is 10.1. The number of imidazole rings is 1. The van der Waals surface area contributed by atoms with Crippen molar-refractivity contribution in [3.63, 3.8) is 0 Å². The van der Waals surface area contributed by atoms with Crippen LogP contribution in [-0.4, -0.2) is 26.2 Å². The van der Waals surface area contributed by atoms with E-state index >= 15 is 0 Å². The average Bonchev–Trinajstić information content (AvgIpc) is 2.94. The normalized spacial score (nSPS) is 12.9. The van der Waals surface area contributed by atoms with Crippen molar-refractivity contribution in [2.75, 3.05) is 6.54 Å². The van der Waals surface area contributed by atoms with Crippen molar-refractivity contribution in [1.82, 2.24) is 19.7 Å². The van der Waals surface area contributed by atoms with Gasteiger partial charge in [-0.05, 0) is 6.42 Å². The van der Waals surface area contributed by atoms with E-state index < -0.39 is 0 Å². The summed E-state index contributed by atoms with van der Waals surface area (Å²) in [5.41, 5.74) is 6.54. The Morgan fingerprint density at radius 1 is 1.53 bits per heavy atom. The van der Waals surface area contributed by atoms with Crippen LogP contribution in [0.4, 0.5) is 0 Å². The average molecular weight is 235 g/mol. The highest BCUT2D eigenvalue weighted by Gasteiger charge is 2.18. The Balaban J connectivity index is 2.24. The third kappa shape index (κ3) is 2.36. The number of rotatable bonds is 5. The van der Waals surface area contributed by atoms with Crippen LogP contribution < -0.4 is 5.73 Å². The van der Waals surface area contributed by atoms with Crippen LogP contribution in [0.2, 0.25) is 0 Å². The van der Waals surface area contributed by atoms with Gasteiger partial charge in [0.15, 0.2) is 0 Å². The lowest BCUT2D eigenvalue weighted by atomic mass is 10.0. The zero-order valence-electron chi connectivity index (χ0n) is 10.1. The molecule has 0 aromatic carbocycles. The summed E-state index contributed by atoms with van der Waals surface area (Å²) >= 11 is 0. The van der Waals surface area contributed by atoms with E-state index in [1.165, 1.54) is 0 Å². The summed E-state index contributed by atoms with van der Waals surface area (Å²) in [5, 5.41) is 3.97. The second kappa shape index (κ2) is 5.09. The molecule has 0 bridgehead atoms. The summed E-state index contributed by atoms with van der Waals surface area (Å²) in [6, 6.07) is 0. The van der Waals surface area contributed by atoms with Crippen molar-refractivity contribution in [1.29, 1.82) is 0 Å². The van der Waals surface area contributed by atoms with E-state index in [-0.39, 0.29) is 5.92 Å². The van der Waals surface area contributed by atoms with Crippen molar-refractivity contribution < 1.29 is 4.52 Å². The highest BCUT2D eigenvalue weighted by Crippen LogP contribution is 2.21. The van der Waals surface area contributed by atoms with Crippen LogP contribution in [0, 0.1) is 0 Å². The quantitative estimate of drug-likeness (QED) is 0.844. The Hall–Kier alpha value is -1.69. The first kappa shape index (κ1) is 11.8. The molecule has 0 aliphatic heterocycles. The van der Waals surface area contributed by atoms with E-state index in [9.17, 15) is 0 Å². The smallest absolute Gasteiger partial charge is 0.231 e. The zero-order chi connectivity index (χ0) is 12.3. The van der Waals surface area contributed by atoms with Gasteiger partial charge in [-0.1, -0.05) is 18.5 Å². The van der Waals surface area contributed by atoms with Gasteiger partial charge in [-0.25, -0.2) is 4.98 Å². The Kier molecular flexibility index (Phi) is 3.53. The molecule has 0 spiro atoms. The molecular formula is C11H17N5O. The minimum absolute atomic E-state index is 0.148. The van der Waals surface area contributed by atoms with Gasteiger partial charge >= 0.3 is 0 Å². The summed E-state index contributed by atoms with van der Waals surface area (Å²) in [6.07, 6.45) is 5.43. The van der Waals surface area contributed by atoms with Gasteiger partial charge in [0, 0.05) is 13.6 Å². The highest BCUT2D eigenvalue weighted by atomic mass is 16.5. The fraction of sp³-hybridized carbons (Fsp3) is 0.545. The van der Waals surface area contributed by atoms with Crippen LogP contribution in [0.3, 0.4) is 0 Å². The van der Waals surface area contributed by atoms with Gasteiger partial charge < -0.3 is 14.8 Å². The van der Waals surface area contributed by atoms with Crippen molar-refractivity contribution >= 4 is 0 Å². The molecule has 2 aromatic rings.